The van der Waals surface area contributed by atoms with Crippen LogP contribution in [0.5, 0.6) is 11.5 Å². The number of hydrogen-bond acceptors (Lipinski definition) is 4. The minimum Gasteiger partial charge on any atom is -0.491 e. The lowest BCUT2D eigenvalue weighted by Crippen LogP contribution is -2.16. The van der Waals surface area contributed by atoms with Crippen LogP contribution in [0.3, 0.4) is 0 Å². The van der Waals surface area contributed by atoms with Gasteiger partial charge in [-0.15, -0.1) is 6.58 Å². The first-order valence-electron chi connectivity index (χ1n) is 8.47. The molecule has 0 amide bonds. The van der Waals surface area contributed by atoms with Crippen LogP contribution in [0, 0.1) is 0 Å². The quantitative estimate of drug-likeness (QED) is 0.650. The molecule has 2 unspecified atom stereocenters. The van der Waals surface area contributed by atoms with Gasteiger partial charge in [0.1, 0.15) is 24.7 Å². The molecule has 2 atom stereocenters. The molecule has 25 heavy (non-hydrogen) atoms. The van der Waals surface area contributed by atoms with Crippen LogP contribution in [0.4, 0.5) is 0 Å². The molecule has 0 heterocycles. The van der Waals surface area contributed by atoms with Gasteiger partial charge in [0.05, 0.1) is 12.2 Å². The van der Waals surface area contributed by atoms with Gasteiger partial charge in [0, 0.05) is 0 Å². The van der Waals surface area contributed by atoms with Crippen LogP contribution in [-0.2, 0) is 6.42 Å². The Labute approximate surface area is 149 Å². The fourth-order valence-corrected chi connectivity index (χ4v) is 2.31. The van der Waals surface area contributed by atoms with Gasteiger partial charge in [0.2, 0.25) is 0 Å². The van der Waals surface area contributed by atoms with Gasteiger partial charge in [-0.2, -0.15) is 0 Å². The molecule has 0 radical (unpaired) electrons. The van der Waals surface area contributed by atoms with E-state index in [-0.39, 0.29) is 6.61 Å². The van der Waals surface area contributed by atoms with E-state index in [4.69, 9.17) is 9.47 Å². The molecule has 0 saturated carbocycles. The number of aliphatic hydroxyl groups excluding tert-OH is 2. The number of ether oxygens (including phenoxy) is 2. The number of benzene rings is 2. The third-order valence-corrected chi connectivity index (χ3v) is 3.63. The third kappa shape index (κ3) is 6.99. The molecule has 0 aromatic heterocycles. The van der Waals surface area contributed by atoms with E-state index in [1.54, 1.807) is 13.0 Å². The van der Waals surface area contributed by atoms with E-state index in [9.17, 15) is 10.2 Å². The van der Waals surface area contributed by atoms with Gasteiger partial charge < -0.3 is 19.7 Å². The maximum atomic E-state index is 9.63. The average molecular weight is 342 g/mol. The highest BCUT2D eigenvalue weighted by Crippen LogP contribution is 2.18. The minimum absolute atomic E-state index is 0.263. The summed E-state index contributed by atoms with van der Waals surface area (Å²) in [5, 5.41) is 18.9. The molecule has 2 aromatic rings. The molecule has 0 aliphatic heterocycles. The summed E-state index contributed by atoms with van der Waals surface area (Å²) in [5.41, 5.74) is 2.36. The van der Waals surface area contributed by atoms with Crippen LogP contribution < -0.4 is 9.47 Å². The summed E-state index contributed by atoms with van der Waals surface area (Å²) in [5.74, 6) is 1.50. The Morgan fingerprint density at radius 3 is 1.80 bits per heavy atom. The van der Waals surface area contributed by atoms with E-state index in [0.717, 1.165) is 17.9 Å². The summed E-state index contributed by atoms with van der Waals surface area (Å²) in [4.78, 5) is 0. The van der Waals surface area contributed by atoms with Gasteiger partial charge in [-0.05, 0) is 55.2 Å². The standard InChI is InChI=1S/C21H26O4/c1-3-4-19(23)15-25-21-11-7-18(8-12-21)13-17-5-9-20(10-6-17)24-14-16(2)22/h3,5-12,16,19,22-23H,1,4,13-15H2,2H3. The second-order valence-corrected chi connectivity index (χ2v) is 6.11. The zero-order chi connectivity index (χ0) is 18.1. The second kappa shape index (κ2) is 9.87. The highest BCUT2D eigenvalue weighted by atomic mass is 16.5. The Kier molecular flexibility index (Phi) is 7.51. The van der Waals surface area contributed by atoms with Gasteiger partial charge in [-0.1, -0.05) is 30.3 Å². The minimum atomic E-state index is -0.522. The van der Waals surface area contributed by atoms with Crippen molar-refractivity contribution in [2.45, 2.75) is 32.0 Å². The lowest BCUT2D eigenvalue weighted by Gasteiger charge is -2.11. The molecule has 0 aliphatic carbocycles. The van der Waals surface area contributed by atoms with E-state index in [1.807, 2.05) is 48.5 Å². The fraction of sp³-hybridized carbons (Fsp3) is 0.333. The maximum absolute atomic E-state index is 9.63. The van der Waals surface area contributed by atoms with Crippen LogP contribution in [0.15, 0.2) is 61.2 Å². The van der Waals surface area contributed by atoms with Crippen LogP contribution in [0.1, 0.15) is 24.5 Å². The molecule has 4 heteroatoms. The Bertz CT molecular complexity index is 632. The average Bonchev–Trinajstić information content (AvgIpc) is 2.61. The largest absolute Gasteiger partial charge is 0.491 e. The lowest BCUT2D eigenvalue weighted by molar-refractivity contribution is 0.110. The zero-order valence-electron chi connectivity index (χ0n) is 14.6. The van der Waals surface area contributed by atoms with Crippen molar-refractivity contribution in [3.63, 3.8) is 0 Å². The Balaban J connectivity index is 1.85. The molecule has 0 bridgehead atoms. The summed E-state index contributed by atoms with van der Waals surface area (Å²) >= 11 is 0. The SMILES string of the molecule is C=CCC(O)COc1ccc(Cc2ccc(OCC(C)O)cc2)cc1. The van der Waals surface area contributed by atoms with Crippen molar-refractivity contribution in [2.75, 3.05) is 13.2 Å². The normalized spacial score (nSPS) is 13.1. The first-order chi connectivity index (χ1) is 12.1. The zero-order valence-corrected chi connectivity index (χ0v) is 14.6. The lowest BCUT2D eigenvalue weighted by atomic mass is 10.0. The highest BCUT2D eigenvalue weighted by Gasteiger charge is 2.04. The molecule has 0 spiro atoms. The van der Waals surface area contributed by atoms with E-state index >= 15 is 0 Å². The molecule has 0 aliphatic rings. The molecule has 0 saturated heterocycles. The number of hydrogen-bond donors (Lipinski definition) is 2. The Morgan fingerprint density at radius 1 is 0.880 bits per heavy atom. The van der Waals surface area contributed by atoms with Gasteiger partial charge in [-0.3, -0.25) is 0 Å². The van der Waals surface area contributed by atoms with Crippen molar-refractivity contribution < 1.29 is 19.7 Å². The first-order valence-corrected chi connectivity index (χ1v) is 8.47. The fourth-order valence-electron chi connectivity index (χ4n) is 2.31. The predicted octanol–water partition coefficient (Wildman–Crippen LogP) is 3.35. The molecule has 2 aromatic carbocycles. The summed E-state index contributed by atoms with van der Waals surface area (Å²) in [7, 11) is 0. The van der Waals surface area contributed by atoms with Crippen molar-refractivity contribution in [1.82, 2.24) is 0 Å². The molecule has 2 N–H and O–H groups in total. The van der Waals surface area contributed by atoms with Crippen molar-refractivity contribution in [3.05, 3.63) is 72.3 Å². The molecule has 2 rings (SSSR count). The monoisotopic (exact) mass is 342 g/mol. The van der Waals surface area contributed by atoms with Gasteiger partial charge >= 0.3 is 0 Å². The molecule has 4 nitrogen and oxygen atoms in total. The summed E-state index contributed by atoms with van der Waals surface area (Å²) in [6.07, 6.45) is 2.02. The van der Waals surface area contributed by atoms with Crippen molar-refractivity contribution in [1.29, 1.82) is 0 Å². The second-order valence-electron chi connectivity index (χ2n) is 6.11. The summed E-state index contributed by atoms with van der Waals surface area (Å²) in [6, 6.07) is 15.7. The van der Waals surface area contributed by atoms with E-state index in [2.05, 4.69) is 6.58 Å². The van der Waals surface area contributed by atoms with Gasteiger partial charge in [0.15, 0.2) is 0 Å². The van der Waals surface area contributed by atoms with Gasteiger partial charge in [0.25, 0.3) is 0 Å². The van der Waals surface area contributed by atoms with Crippen LogP contribution in [0.25, 0.3) is 0 Å². The van der Waals surface area contributed by atoms with E-state index < -0.39 is 12.2 Å². The Morgan fingerprint density at radius 2 is 1.36 bits per heavy atom. The summed E-state index contributed by atoms with van der Waals surface area (Å²) in [6.45, 7) is 5.85. The maximum Gasteiger partial charge on any atom is 0.119 e. The molecular weight excluding hydrogens is 316 g/mol. The van der Waals surface area contributed by atoms with E-state index in [0.29, 0.717) is 13.0 Å². The van der Waals surface area contributed by atoms with E-state index in [1.165, 1.54) is 11.1 Å². The van der Waals surface area contributed by atoms with Crippen molar-refractivity contribution >= 4 is 0 Å². The van der Waals surface area contributed by atoms with Gasteiger partial charge in [-0.25, -0.2) is 0 Å². The Hall–Kier alpha value is -2.30. The van der Waals surface area contributed by atoms with Crippen LogP contribution in [0.2, 0.25) is 0 Å². The molecule has 134 valence electrons. The topological polar surface area (TPSA) is 58.9 Å². The smallest absolute Gasteiger partial charge is 0.119 e. The number of rotatable bonds is 10. The molecular formula is C21H26O4. The van der Waals surface area contributed by atoms with Crippen molar-refractivity contribution in [3.8, 4) is 11.5 Å². The predicted molar refractivity (Wildman–Crippen MR) is 99.2 cm³/mol. The third-order valence-electron chi connectivity index (χ3n) is 3.63. The highest BCUT2D eigenvalue weighted by molar-refractivity contribution is 5.34. The first kappa shape index (κ1) is 19.0. The molecule has 0 fully saturated rings. The van der Waals surface area contributed by atoms with Crippen LogP contribution in [-0.4, -0.2) is 35.6 Å². The number of aliphatic hydroxyl groups is 2. The van der Waals surface area contributed by atoms with Crippen molar-refractivity contribution in [2.24, 2.45) is 0 Å². The van der Waals surface area contributed by atoms with Crippen LogP contribution >= 0.6 is 0 Å². The summed E-state index contributed by atoms with van der Waals surface area (Å²) < 4.78 is 11.0.